The maximum Gasteiger partial charge on any atom is 0.288 e. The highest BCUT2D eigenvalue weighted by atomic mass is 35.5. The summed E-state index contributed by atoms with van der Waals surface area (Å²) in [6, 6.07) is 5.03. The van der Waals surface area contributed by atoms with Crippen LogP contribution in [-0.4, -0.2) is 46.8 Å². The molecule has 1 aromatic carbocycles. The second-order valence-corrected chi connectivity index (χ2v) is 5.37. The van der Waals surface area contributed by atoms with Gasteiger partial charge in [0, 0.05) is 25.2 Å². The van der Waals surface area contributed by atoms with E-state index in [0.717, 1.165) is 5.56 Å². The first-order valence-corrected chi connectivity index (χ1v) is 6.78. The van der Waals surface area contributed by atoms with Crippen molar-refractivity contribution in [3.05, 3.63) is 38.9 Å². The number of benzene rings is 1. The second-order valence-electron chi connectivity index (χ2n) is 4.96. The van der Waals surface area contributed by atoms with Crippen molar-refractivity contribution in [3.63, 3.8) is 0 Å². The Morgan fingerprint density at radius 2 is 2.35 bits per heavy atom. The van der Waals surface area contributed by atoms with Crippen LogP contribution in [0.4, 0.5) is 5.69 Å². The first-order chi connectivity index (χ1) is 9.51. The van der Waals surface area contributed by atoms with Crippen molar-refractivity contribution in [2.24, 2.45) is 0 Å². The smallest absolute Gasteiger partial charge is 0.288 e. The Hall–Kier alpha value is -1.21. The summed E-state index contributed by atoms with van der Waals surface area (Å²) in [5.74, 6) is 0. The van der Waals surface area contributed by atoms with Gasteiger partial charge < -0.3 is 9.84 Å². The van der Waals surface area contributed by atoms with Crippen molar-refractivity contribution >= 4 is 17.3 Å². The van der Waals surface area contributed by atoms with E-state index in [9.17, 15) is 10.1 Å². The Kier molecular flexibility index (Phi) is 4.93. The molecule has 0 bridgehead atoms. The average Bonchev–Trinajstić information content (AvgIpc) is 2.43. The van der Waals surface area contributed by atoms with Gasteiger partial charge in [0.2, 0.25) is 0 Å². The molecule has 110 valence electrons. The summed E-state index contributed by atoms with van der Waals surface area (Å²) in [6.45, 7) is 3.72. The van der Waals surface area contributed by atoms with E-state index in [1.54, 1.807) is 12.1 Å². The van der Waals surface area contributed by atoms with Crippen LogP contribution in [0, 0.1) is 10.1 Å². The minimum atomic E-state index is -0.481. The molecular formula is C13H17ClN2O4. The molecule has 0 radical (unpaired) electrons. The number of aliphatic hydroxyl groups is 1. The first kappa shape index (κ1) is 15.2. The molecule has 1 fully saturated rings. The van der Waals surface area contributed by atoms with E-state index in [2.05, 4.69) is 4.90 Å². The van der Waals surface area contributed by atoms with Crippen molar-refractivity contribution in [2.45, 2.75) is 25.6 Å². The van der Waals surface area contributed by atoms with Crippen LogP contribution < -0.4 is 0 Å². The van der Waals surface area contributed by atoms with Gasteiger partial charge in [0.25, 0.3) is 5.69 Å². The van der Waals surface area contributed by atoms with Crippen LogP contribution in [0.2, 0.25) is 5.02 Å². The lowest BCUT2D eigenvalue weighted by Crippen LogP contribution is -2.48. The maximum atomic E-state index is 10.9. The molecule has 0 saturated carbocycles. The standard InChI is InChI=1S/C13H17ClN2O4/c1-9-8-20-11(7-17)6-15(9)5-10-2-3-12(14)13(4-10)16(18)19/h2-4,9,11,17H,5-8H2,1H3. The monoisotopic (exact) mass is 300 g/mol. The molecule has 2 atom stereocenters. The second kappa shape index (κ2) is 6.49. The van der Waals surface area contributed by atoms with E-state index >= 15 is 0 Å². The van der Waals surface area contributed by atoms with Crippen molar-refractivity contribution < 1.29 is 14.8 Å². The lowest BCUT2D eigenvalue weighted by molar-refractivity contribution is -0.384. The first-order valence-electron chi connectivity index (χ1n) is 6.40. The van der Waals surface area contributed by atoms with Gasteiger partial charge in [-0.2, -0.15) is 0 Å². The van der Waals surface area contributed by atoms with E-state index in [-0.39, 0.29) is 29.5 Å². The molecule has 1 aliphatic heterocycles. The van der Waals surface area contributed by atoms with Gasteiger partial charge >= 0.3 is 0 Å². The number of halogens is 1. The third-order valence-electron chi connectivity index (χ3n) is 3.43. The molecule has 2 rings (SSSR count). The fraction of sp³-hybridized carbons (Fsp3) is 0.538. The fourth-order valence-electron chi connectivity index (χ4n) is 2.24. The minimum Gasteiger partial charge on any atom is -0.394 e. The molecule has 1 N–H and O–H groups in total. The summed E-state index contributed by atoms with van der Waals surface area (Å²) >= 11 is 5.80. The van der Waals surface area contributed by atoms with E-state index in [1.807, 2.05) is 6.92 Å². The van der Waals surface area contributed by atoms with E-state index < -0.39 is 4.92 Å². The molecule has 0 aromatic heterocycles. The number of rotatable bonds is 4. The van der Waals surface area contributed by atoms with Crippen LogP contribution in [0.3, 0.4) is 0 Å². The number of nitrogens with zero attached hydrogens (tertiary/aromatic N) is 2. The number of ether oxygens (including phenoxy) is 1. The quantitative estimate of drug-likeness (QED) is 0.678. The summed E-state index contributed by atoms with van der Waals surface area (Å²) in [7, 11) is 0. The molecule has 1 aliphatic rings. The summed E-state index contributed by atoms with van der Waals surface area (Å²) in [6.07, 6.45) is -0.200. The Balaban J connectivity index is 2.12. The maximum absolute atomic E-state index is 10.9. The van der Waals surface area contributed by atoms with E-state index in [4.69, 9.17) is 21.4 Å². The topological polar surface area (TPSA) is 75.8 Å². The van der Waals surface area contributed by atoms with Gasteiger partial charge in [-0.25, -0.2) is 0 Å². The predicted molar refractivity (Wildman–Crippen MR) is 74.8 cm³/mol. The van der Waals surface area contributed by atoms with Crippen LogP contribution in [-0.2, 0) is 11.3 Å². The van der Waals surface area contributed by atoms with Gasteiger partial charge in [0.05, 0.1) is 24.2 Å². The number of aliphatic hydroxyl groups excluding tert-OH is 1. The van der Waals surface area contributed by atoms with Gasteiger partial charge in [-0.15, -0.1) is 0 Å². The van der Waals surface area contributed by atoms with Crippen molar-refractivity contribution in [3.8, 4) is 0 Å². The highest BCUT2D eigenvalue weighted by molar-refractivity contribution is 6.32. The molecule has 6 nitrogen and oxygen atoms in total. The summed E-state index contributed by atoms with van der Waals surface area (Å²) < 4.78 is 5.47. The Morgan fingerprint density at radius 3 is 3.00 bits per heavy atom. The third-order valence-corrected chi connectivity index (χ3v) is 3.75. The summed E-state index contributed by atoms with van der Waals surface area (Å²) in [4.78, 5) is 12.5. The van der Waals surface area contributed by atoms with Crippen molar-refractivity contribution in [1.29, 1.82) is 0 Å². The number of nitro groups is 1. The van der Waals surface area contributed by atoms with Crippen LogP contribution in [0.5, 0.6) is 0 Å². The molecule has 1 saturated heterocycles. The molecule has 1 heterocycles. The third kappa shape index (κ3) is 3.46. The number of hydrogen-bond acceptors (Lipinski definition) is 5. The Bertz CT molecular complexity index is 497. The molecule has 2 unspecified atom stereocenters. The summed E-state index contributed by atoms with van der Waals surface area (Å²) in [5.41, 5.74) is 0.746. The molecule has 0 amide bonds. The molecule has 0 aliphatic carbocycles. The zero-order valence-electron chi connectivity index (χ0n) is 11.2. The van der Waals surface area contributed by atoms with E-state index in [1.165, 1.54) is 6.07 Å². The van der Waals surface area contributed by atoms with Gasteiger partial charge in [0.1, 0.15) is 5.02 Å². The molecule has 0 spiro atoms. The molecule has 7 heteroatoms. The van der Waals surface area contributed by atoms with Crippen LogP contribution in [0.25, 0.3) is 0 Å². The van der Waals surface area contributed by atoms with Gasteiger partial charge in [-0.3, -0.25) is 15.0 Å². The zero-order valence-corrected chi connectivity index (χ0v) is 11.9. The molecule has 1 aromatic rings. The zero-order chi connectivity index (χ0) is 14.7. The van der Waals surface area contributed by atoms with Crippen LogP contribution in [0.1, 0.15) is 12.5 Å². The fourth-order valence-corrected chi connectivity index (χ4v) is 2.42. The van der Waals surface area contributed by atoms with Crippen LogP contribution in [0.15, 0.2) is 18.2 Å². The summed E-state index contributed by atoms with van der Waals surface area (Å²) in [5, 5.41) is 20.2. The number of morpholine rings is 1. The highest BCUT2D eigenvalue weighted by Crippen LogP contribution is 2.26. The van der Waals surface area contributed by atoms with E-state index in [0.29, 0.717) is 19.7 Å². The SMILES string of the molecule is CC1COC(CO)CN1Cc1ccc(Cl)c([N+](=O)[O-])c1. The predicted octanol–water partition coefficient (Wildman–Crippen LogP) is 1.83. The minimum absolute atomic E-state index is 0.0238. The van der Waals surface area contributed by atoms with Crippen molar-refractivity contribution in [1.82, 2.24) is 4.90 Å². The van der Waals surface area contributed by atoms with Gasteiger partial charge in [-0.05, 0) is 18.6 Å². The highest BCUT2D eigenvalue weighted by Gasteiger charge is 2.26. The normalized spacial score (nSPS) is 23.8. The lowest BCUT2D eigenvalue weighted by atomic mass is 10.1. The van der Waals surface area contributed by atoms with Gasteiger partial charge in [0.15, 0.2) is 0 Å². The molecular weight excluding hydrogens is 284 g/mol. The average molecular weight is 301 g/mol. The molecule has 20 heavy (non-hydrogen) atoms. The Labute approximate surface area is 122 Å². The lowest BCUT2D eigenvalue weighted by Gasteiger charge is -2.37. The van der Waals surface area contributed by atoms with Gasteiger partial charge in [-0.1, -0.05) is 17.7 Å². The Morgan fingerprint density at radius 1 is 1.60 bits per heavy atom. The van der Waals surface area contributed by atoms with Crippen LogP contribution >= 0.6 is 11.6 Å². The largest absolute Gasteiger partial charge is 0.394 e. The number of hydrogen-bond donors (Lipinski definition) is 1. The van der Waals surface area contributed by atoms with Crippen molar-refractivity contribution in [2.75, 3.05) is 19.8 Å². The number of nitro benzene ring substituents is 1.